The molecule has 4 heteroatoms. The molecule has 0 bridgehead atoms. The number of hydrogen-bond acceptors (Lipinski definition) is 4. The van der Waals surface area contributed by atoms with Crippen LogP contribution in [-0.2, 0) is 12.8 Å². The van der Waals surface area contributed by atoms with Crippen molar-refractivity contribution in [2.24, 2.45) is 5.92 Å². The van der Waals surface area contributed by atoms with E-state index in [1.807, 2.05) is 24.6 Å². The van der Waals surface area contributed by atoms with Crippen molar-refractivity contribution in [1.82, 2.24) is 15.6 Å². The maximum atomic E-state index is 4.50. The third kappa shape index (κ3) is 3.26. The second-order valence-corrected chi connectivity index (χ2v) is 5.34. The van der Waals surface area contributed by atoms with Crippen LogP contribution < -0.4 is 10.6 Å². The quantitative estimate of drug-likeness (QED) is 0.787. The average Bonchev–Trinajstić information content (AvgIpc) is 2.87. The molecule has 1 unspecified atom stereocenters. The summed E-state index contributed by atoms with van der Waals surface area (Å²) in [5.41, 5.74) is 0. The van der Waals surface area contributed by atoms with Gasteiger partial charge < -0.3 is 10.6 Å². The van der Waals surface area contributed by atoms with Gasteiger partial charge in [-0.25, -0.2) is 4.98 Å². The lowest BCUT2D eigenvalue weighted by molar-refractivity contribution is 0.578. The van der Waals surface area contributed by atoms with Gasteiger partial charge in [0.15, 0.2) is 0 Å². The van der Waals surface area contributed by atoms with Gasteiger partial charge in [0.1, 0.15) is 0 Å². The van der Waals surface area contributed by atoms with Crippen LogP contribution in [-0.4, -0.2) is 31.7 Å². The van der Waals surface area contributed by atoms with Crippen molar-refractivity contribution in [3.63, 3.8) is 0 Å². The molecule has 0 aliphatic carbocycles. The van der Waals surface area contributed by atoms with Crippen molar-refractivity contribution in [2.75, 3.05) is 26.7 Å². The highest BCUT2D eigenvalue weighted by Gasteiger charge is 2.16. The van der Waals surface area contributed by atoms with Crippen molar-refractivity contribution >= 4 is 11.3 Å². The first-order valence-corrected chi connectivity index (χ1v) is 6.49. The Morgan fingerprint density at radius 2 is 2.60 bits per heavy atom. The molecule has 3 nitrogen and oxygen atoms in total. The molecule has 0 spiro atoms. The molecule has 2 N–H and O–H groups in total. The first-order valence-electron chi connectivity index (χ1n) is 5.67. The van der Waals surface area contributed by atoms with Crippen molar-refractivity contribution < 1.29 is 0 Å². The molecule has 84 valence electrons. The minimum Gasteiger partial charge on any atom is -0.319 e. The summed E-state index contributed by atoms with van der Waals surface area (Å²) in [5.74, 6) is 0.813. The number of rotatable bonds is 5. The van der Waals surface area contributed by atoms with E-state index in [9.17, 15) is 0 Å². The minimum absolute atomic E-state index is 0.813. The molecular weight excluding hydrogens is 206 g/mol. The van der Waals surface area contributed by atoms with E-state index in [4.69, 9.17) is 0 Å². The highest BCUT2D eigenvalue weighted by Crippen LogP contribution is 2.20. The fourth-order valence-corrected chi connectivity index (χ4v) is 2.98. The summed E-state index contributed by atoms with van der Waals surface area (Å²) in [5, 5.41) is 7.88. The summed E-state index contributed by atoms with van der Waals surface area (Å²) in [6, 6.07) is 0. The van der Waals surface area contributed by atoms with E-state index in [0.717, 1.165) is 25.3 Å². The molecule has 1 atom stereocenters. The highest BCUT2D eigenvalue weighted by molar-refractivity contribution is 7.11. The van der Waals surface area contributed by atoms with Gasteiger partial charge in [-0.3, -0.25) is 0 Å². The monoisotopic (exact) mass is 225 g/mol. The van der Waals surface area contributed by atoms with Crippen LogP contribution in [0, 0.1) is 5.92 Å². The molecule has 1 aliphatic heterocycles. The van der Waals surface area contributed by atoms with E-state index >= 15 is 0 Å². The predicted octanol–water partition coefficient (Wildman–Crippen LogP) is 1.06. The Kier molecular flexibility index (Phi) is 4.11. The van der Waals surface area contributed by atoms with E-state index in [1.165, 1.54) is 29.4 Å². The maximum absolute atomic E-state index is 4.50. The minimum atomic E-state index is 0.813. The van der Waals surface area contributed by atoms with Gasteiger partial charge in [-0.05, 0) is 45.4 Å². The average molecular weight is 225 g/mol. The summed E-state index contributed by atoms with van der Waals surface area (Å²) in [4.78, 5) is 5.90. The molecule has 0 aromatic carbocycles. The zero-order chi connectivity index (χ0) is 10.5. The normalized spacial score (nSPS) is 21.0. The molecule has 1 aromatic rings. The van der Waals surface area contributed by atoms with Crippen LogP contribution in [0.4, 0.5) is 0 Å². The van der Waals surface area contributed by atoms with Gasteiger partial charge in [0, 0.05) is 17.5 Å². The van der Waals surface area contributed by atoms with Gasteiger partial charge >= 0.3 is 0 Å². The Bertz CT molecular complexity index is 292. The molecule has 1 saturated heterocycles. The van der Waals surface area contributed by atoms with E-state index in [2.05, 4.69) is 15.6 Å². The molecule has 2 rings (SSSR count). The van der Waals surface area contributed by atoms with Crippen LogP contribution >= 0.6 is 11.3 Å². The second kappa shape index (κ2) is 5.58. The third-order valence-corrected chi connectivity index (χ3v) is 3.93. The fraction of sp³-hybridized carbons (Fsp3) is 0.727. The number of nitrogens with one attached hydrogen (secondary N) is 2. The van der Waals surface area contributed by atoms with Crippen LogP contribution in [0.25, 0.3) is 0 Å². The smallest absolute Gasteiger partial charge is 0.0930 e. The molecule has 15 heavy (non-hydrogen) atoms. The lowest BCUT2D eigenvalue weighted by Crippen LogP contribution is -2.10. The standard InChI is InChI=1S/C11H19N3S/c1-12-4-3-10-8-14-11(15-10)6-9-2-5-13-7-9/h8-9,12-13H,2-7H2,1H3. The third-order valence-electron chi connectivity index (χ3n) is 2.85. The molecule has 0 amide bonds. The van der Waals surface area contributed by atoms with Gasteiger partial charge in [0.05, 0.1) is 5.01 Å². The van der Waals surface area contributed by atoms with Crippen molar-refractivity contribution in [3.8, 4) is 0 Å². The molecule has 1 aromatic heterocycles. The largest absolute Gasteiger partial charge is 0.319 e. The van der Waals surface area contributed by atoms with E-state index in [0.29, 0.717) is 0 Å². The van der Waals surface area contributed by atoms with Crippen LogP contribution in [0.15, 0.2) is 6.20 Å². The van der Waals surface area contributed by atoms with E-state index in [1.54, 1.807) is 0 Å². The fourth-order valence-electron chi connectivity index (χ4n) is 1.94. The first-order chi connectivity index (χ1) is 7.38. The van der Waals surface area contributed by atoms with Gasteiger partial charge in [-0.1, -0.05) is 0 Å². The number of thiazole rings is 1. The van der Waals surface area contributed by atoms with Gasteiger partial charge in [-0.15, -0.1) is 11.3 Å². The molecule has 1 fully saturated rings. The molecule has 1 aliphatic rings. The Morgan fingerprint density at radius 1 is 1.67 bits per heavy atom. The van der Waals surface area contributed by atoms with Crippen LogP contribution in [0.3, 0.4) is 0 Å². The van der Waals surface area contributed by atoms with Crippen LogP contribution in [0.5, 0.6) is 0 Å². The lowest BCUT2D eigenvalue weighted by atomic mass is 10.1. The Labute approximate surface area is 95.3 Å². The van der Waals surface area contributed by atoms with Crippen LogP contribution in [0.1, 0.15) is 16.3 Å². The summed E-state index contributed by atoms with van der Waals surface area (Å²) in [6.07, 6.45) is 5.62. The number of aromatic nitrogens is 1. The molecule has 0 saturated carbocycles. The summed E-state index contributed by atoms with van der Waals surface area (Å²) < 4.78 is 0. The highest BCUT2D eigenvalue weighted by atomic mass is 32.1. The van der Waals surface area contributed by atoms with E-state index < -0.39 is 0 Å². The van der Waals surface area contributed by atoms with E-state index in [-0.39, 0.29) is 0 Å². The first kappa shape index (κ1) is 11.0. The molecule has 0 radical (unpaired) electrons. The summed E-state index contributed by atoms with van der Waals surface area (Å²) in [7, 11) is 1.99. The van der Waals surface area contributed by atoms with Crippen molar-refractivity contribution in [3.05, 3.63) is 16.1 Å². The summed E-state index contributed by atoms with van der Waals surface area (Å²) >= 11 is 1.88. The predicted molar refractivity (Wildman–Crippen MR) is 64.4 cm³/mol. The van der Waals surface area contributed by atoms with Crippen molar-refractivity contribution in [2.45, 2.75) is 19.3 Å². The van der Waals surface area contributed by atoms with Crippen molar-refractivity contribution in [1.29, 1.82) is 0 Å². The Hall–Kier alpha value is -0.450. The summed E-state index contributed by atoms with van der Waals surface area (Å²) in [6.45, 7) is 3.40. The zero-order valence-electron chi connectivity index (χ0n) is 9.25. The second-order valence-electron chi connectivity index (χ2n) is 4.14. The molecule has 2 heterocycles. The zero-order valence-corrected chi connectivity index (χ0v) is 10.1. The maximum Gasteiger partial charge on any atom is 0.0930 e. The Morgan fingerprint density at radius 3 is 3.33 bits per heavy atom. The topological polar surface area (TPSA) is 37.0 Å². The number of nitrogens with zero attached hydrogens (tertiary/aromatic N) is 1. The van der Waals surface area contributed by atoms with Gasteiger partial charge in [0.25, 0.3) is 0 Å². The molecular formula is C11H19N3S. The lowest BCUT2D eigenvalue weighted by Gasteiger charge is -2.03. The Balaban J connectivity index is 1.83. The van der Waals surface area contributed by atoms with Gasteiger partial charge in [0.2, 0.25) is 0 Å². The SMILES string of the molecule is CNCCc1cnc(CC2CCNC2)s1. The van der Waals surface area contributed by atoms with Crippen LogP contribution in [0.2, 0.25) is 0 Å². The van der Waals surface area contributed by atoms with Gasteiger partial charge in [-0.2, -0.15) is 0 Å². The number of likely N-dealkylation sites (N-methyl/N-ethyl adjacent to an activating group) is 1. The number of hydrogen-bond donors (Lipinski definition) is 2.